The fraction of sp³-hybridized carbons (Fsp3) is 0.0476. The first-order chi connectivity index (χ1) is 14.9. The number of nitrogens with one attached hydrogen (secondary N) is 3. The standard InChI is InChI=1S/C21H14BrCl2FN4O2/c1-31-17-9-16-15(8-12(17)20(30)26-11-4-2-10(22)3-5-11)27-21(28-16)29-19-14(24)7-6-13(23)18(19)25/h2-9H,1H3,(H,26,30)(H2,27,28,29). The fourth-order valence-corrected chi connectivity index (χ4v) is 3.55. The maximum Gasteiger partial charge on any atom is 0.259 e. The number of hydrogen-bond acceptors (Lipinski definition) is 4. The Morgan fingerprint density at radius 3 is 2.55 bits per heavy atom. The zero-order valence-electron chi connectivity index (χ0n) is 15.9. The number of aromatic amines is 1. The van der Waals surface area contributed by atoms with Crippen molar-refractivity contribution >= 4 is 73.4 Å². The van der Waals surface area contributed by atoms with Crippen LogP contribution < -0.4 is 15.4 Å². The normalized spacial score (nSPS) is 10.9. The van der Waals surface area contributed by atoms with E-state index < -0.39 is 5.82 Å². The third-order valence-corrected chi connectivity index (χ3v) is 5.57. The molecule has 3 N–H and O–H groups in total. The molecular formula is C21H14BrCl2FN4O2. The van der Waals surface area contributed by atoms with Crippen LogP contribution in [0.2, 0.25) is 10.0 Å². The molecule has 0 unspecified atom stereocenters. The quantitative estimate of drug-likeness (QED) is 0.252. The Labute approximate surface area is 194 Å². The lowest BCUT2D eigenvalue weighted by Crippen LogP contribution is -2.13. The number of fused-ring (bicyclic) bond motifs is 1. The van der Waals surface area contributed by atoms with Crippen LogP contribution in [-0.2, 0) is 0 Å². The Hall–Kier alpha value is -2.81. The first-order valence-corrected chi connectivity index (χ1v) is 10.5. The second kappa shape index (κ2) is 8.74. The number of carbonyl (C=O) groups excluding carboxylic acids is 1. The molecule has 4 aromatic rings. The molecule has 0 aliphatic heterocycles. The number of halogens is 4. The zero-order chi connectivity index (χ0) is 22.1. The van der Waals surface area contributed by atoms with Crippen molar-refractivity contribution in [2.75, 3.05) is 17.7 Å². The molecule has 10 heteroatoms. The number of rotatable bonds is 5. The summed E-state index contributed by atoms with van der Waals surface area (Å²) < 4.78 is 20.6. The average molecular weight is 524 g/mol. The van der Waals surface area contributed by atoms with Gasteiger partial charge < -0.3 is 20.4 Å². The van der Waals surface area contributed by atoms with E-state index in [4.69, 9.17) is 27.9 Å². The molecule has 0 radical (unpaired) electrons. The monoisotopic (exact) mass is 522 g/mol. The van der Waals surface area contributed by atoms with Crippen LogP contribution in [0.5, 0.6) is 5.75 Å². The van der Waals surface area contributed by atoms with E-state index in [2.05, 4.69) is 36.5 Å². The summed E-state index contributed by atoms with van der Waals surface area (Å²) in [5, 5.41) is 5.69. The number of carbonyl (C=O) groups is 1. The maximum absolute atomic E-state index is 14.3. The molecule has 0 atom stereocenters. The minimum Gasteiger partial charge on any atom is -0.496 e. The van der Waals surface area contributed by atoms with Crippen molar-refractivity contribution in [1.29, 1.82) is 0 Å². The number of imidazole rings is 1. The van der Waals surface area contributed by atoms with Gasteiger partial charge in [-0.1, -0.05) is 39.1 Å². The van der Waals surface area contributed by atoms with Crippen molar-refractivity contribution in [1.82, 2.24) is 9.97 Å². The molecule has 0 saturated heterocycles. The number of H-pyrrole nitrogens is 1. The molecule has 1 amide bonds. The molecule has 0 fully saturated rings. The van der Waals surface area contributed by atoms with Gasteiger partial charge in [0, 0.05) is 16.2 Å². The van der Waals surface area contributed by atoms with E-state index in [-0.39, 0.29) is 27.6 Å². The van der Waals surface area contributed by atoms with Crippen molar-refractivity contribution in [3.05, 3.63) is 74.4 Å². The number of methoxy groups -OCH3 is 1. The number of anilines is 3. The highest BCUT2D eigenvalue weighted by Crippen LogP contribution is 2.33. The van der Waals surface area contributed by atoms with Gasteiger partial charge >= 0.3 is 0 Å². The van der Waals surface area contributed by atoms with Crippen molar-refractivity contribution in [2.24, 2.45) is 0 Å². The number of hydrogen-bond donors (Lipinski definition) is 3. The minimum atomic E-state index is -0.693. The van der Waals surface area contributed by atoms with E-state index in [0.717, 1.165) is 4.47 Å². The van der Waals surface area contributed by atoms with Gasteiger partial charge in [0.15, 0.2) is 5.82 Å². The van der Waals surface area contributed by atoms with Crippen LogP contribution in [0.25, 0.3) is 11.0 Å². The largest absolute Gasteiger partial charge is 0.496 e. The van der Waals surface area contributed by atoms with Gasteiger partial charge in [0.25, 0.3) is 5.91 Å². The SMILES string of the molecule is COc1cc2nc(Nc3c(Cl)ccc(Cl)c3F)[nH]c2cc1C(=O)Nc1ccc(Br)cc1. The molecule has 0 saturated carbocycles. The number of amides is 1. The van der Waals surface area contributed by atoms with Crippen molar-refractivity contribution < 1.29 is 13.9 Å². The predicted octanol–water partition coefficient (Wildman–Crippen LogP) is 6.78. The molecule has 1 aromatic heterocycles. The van der Waals surface area contributed by atoms with Gasteiger partial charge in [-0.2, -0.15) is 0 Å². The molecule has 0 spiro atoms. The molecule has 158 valence electrons. The van der Waals surface area contributed by atoms with Crippen molar-refractivity contribution in [3.63, 3.8) is 0 Å². The summed E-state index contributed by atoms with van der Waals surface area (Å²) in [6.07, 6.45) is 0. The van der Waals surface area contributed by atoms with Crippen LogP contribution in [0.15, 0.2) is 53.0 Å². The Morgan fingerprint density at radius 2 is 1.84 bits per heavy atom. The van der Waals surface area contributed by atoms with Gasteiger partial charge in [0.2, 0.25) is 5.95 Å². The van der Waals surface area contributed by atoms with Crippen molar-refractivity contribution in [2.45, 2.75) is 0 Å². The van der Waals surface area contributed by atoms with Gasteiger partial charge in [-0.3, -0.25) is 4.79 Å². The van der Waals surface area contributed by atoms with Crippen LogP contribution in [-0.4, -0.2) is 23.0 Å². The molecule has 3 aromatic carbocycles. The lowest BCUT2D eigenvalue weighted by molar-refractivity contribution is 0.102. The fourth-order valence-electron chi connectivity index (χ4n) is 2.93. The lowest BCUT2D eigenvalue weighted by atomic mass is 10.1. The van der Waals surface area contributed by atoms with E-state index in [1.165, 1.54) is 19.2 Å². The average Bonchev–Trinajstić information content (AvgIpc) is 3.16. The molecule has 1 heterocycles. The third-order valence-electron chi connectivity index (χ3n) is 4.44. The van der Waals surface area contributed by atoms with Gasteiger partial charge in [0.1, 0.15) is 5.75 Å². The van der Waals surface area contributed by atoms with Gasteiger partial charge in [-0.15, -0.1) is 0 Å². The van der Waals surface area contributed by atoms with E-state index in [9.17, 15) is 9.18 Å². The van der Waals surface area contributed by atoms with Crippen LogP contribution in [0.1, 0.15) is 10.4 Å². The van der Waals surface area contributed by atoms with E-state index in [1.54, 1.807) is 24.3 Å². The minimum absolute atomic E-state index is 0.00612. The van der Waals surface area contributed by atoms with Crippen LogP contribution in [0.3, 0.4) is 0 Å². The predicted molar refractivity (Wildman–Crippen MR) is 124 cm³/mol. The number of aromatic nitrogens is 2. The van der Waals surface area contributed by atoms with Gasteiger partial charge in [0.05, 0.1) is 39.4 Å². The number of benzene rings is 3. The molecule has 0 aliphatic carbocycles. The van der Waals surface area contributed by atoms with E-state index in [1.807, 2.05) is 12.1 Å². The molecular weight excluding hydrogens is 510 g/mol. The summed E-state index contributed by atoms with van der Waals surface area (Å²) in [5.41, 5.74) is 1.99. The summed E-state index contributed by atoms with van der Waals surface area (Å²) in [6.45, 7) is 0. The number of nitrogens with zero attached hydrogens (tertiary/aromatic N) is 1. The zero-order valence-corrected chi connectivity index (χ0v) is 19.0. The topological polar surface area (TPSA) is 79.0 Å². The molecule has 0 aliphatic rings. The van der Waals surface area contributed by atoms with Crippen LogP contribution >= 0.6 is 39.1 Å². The highest BCUT2D eigenvalue weighted by Gasteiger charge is 2.18. The van der Waals surface area contributed by atoms with Gasteiger partial charge in [-0.05, 0) is 42.5 Å². The Bertz CT molecular complexity index is 1300. The number of ether oxygens (including phenoxy) is 1. The Morgan fingerprint density at radius 1 is 1.13 bits per heavy atom. The Balaban J connectivity index is 1.67. The Kier molecular flexibility index (Phi) is 6.04. The summed E-state index contributed by atoms with van der Waals surface area (Å²) in [4.78, 5) is 20.2. The molecule has 0 bridgehead atoms. The smallest absolute Gasteiger partial charge is 0.259 e. The first-order valence-electron chi connectivity index (χ1n) is 8.91. The summed E-state index contributed by atoms with van der Waals surface area (Å²) in [5.74, 6) is -0.478. The summed E-state index contributed by atoms with van der Waals surface area (Å²) >= 11 is 15.3. The van der Waals surface area contributed by atoms with Crippen LogP contribution in [0, 0.1) is 5.82 Å². The van der Waals surface area contributed by atoms with E-state index in [0.29, 0.717) is 28.0 Å². The van der Waals surface area contributed by atoms with Gasteiger partial charge in [-0.25, -0.2) is 9.37 Å². The first kappa shape index (κ1) is 21.4. The van der Waals surface area contributed by atoms with Crippen molar-refractivity contribution in [3.8, 4) is 5.75 Å². The highest BCUT2D eigenvalue weighted by molar-refractivity contribution is 9.10. The molecule has 6 nitrogen and oxygen atoms in total. The highest BCUT2D eigenvalue weighted by atomic mass is 79.9. The third kappa shape index (κ3) is 4.46. The summed E-state index contributed by atoms with van der Waals surface area (Å²) in [6, 6.07) is 13.3. The second-order valence-electron chi connectivity index (χ2n) is 6.46. The molecule has 4 rings (SSSR count). The second-order valence-corrected chi connectivity index (χ2v) is 8.19. The molecule has 31 heavy (non-hydrogen) atoms. The maximum atomic E-state index is 14.3. The lowest BCUT2D eigenvalue weighted by Gasteiger charge is -2.09. The van der Waals surface area contributed by atoms with E-state index >= 15 is 0 Å². The van der Waals surface area contributed by atoms with Crippen LogP contribution in [0.4, 0.5) is 21.7 Å². The summed E-state index contributed by atoms with van der Waals surface area (Å²) in [7, 11) is 1.46.